The zero-order valence-electron chi connectivity index (χ0n) is 20.0. The van der Waals surface area contributed by atoms with Crippen LogP contribution in [0.25, 0.3) is 0 Å². The SMILES string of the molecule is C=C(C)C[C@H](O)c1cc(O[Si](C)(C)C(C)(C)C)ccc1O[Si](C)(C)C(C)(C)C. The predicted molar refractivity (Wildman–Crippen MR) is 126 cm³/mol. The van der Waals surface area contributed by atoms with Crippen LogP contribution in [0.5, 0.6) is 11.5 Å². The van der Waals surface area contributed by atoms with E-state index in [1.165, 1.54) is 0 Å². The van der Waals surface area contributed by atoms with Gasteiger partial charge in [0.05, 0.1) is 6.10 Å². The zero-order valence-corrected chi connectivity index (χ0v) is 22.0. The summed E-state index contributed by atoms with van der Waals surface area (Å²) >= 11 is 0. The molecule has 0 spiro atoms. The Morgan fingerprint density at radius 1 is 0.964 bits per heavy atom. The Kier molecular flexibility index (Phi) is 7.47. The summed E-state index contributed by atoms with van der Waals surface area (Å²) in [5, 5.41) is 11.1. The Bertz CT molecular complexity index is 695. The lowest BCUT2D eigenvalue weighted by atomic mass is 10.0. The van der Waals surface area contributed by atoms with Crippen LogP contribution in [0.1, 0.15) is 66.6 Å². The molecule has 0 fully saturated rings. The number of hydrogen-bond donors (Lipinski definition) is 1. The molecule has 0 bridgehead atoms. The highest BCUT2D eigenvalue weighted by Gasteiger charge is 2.41. The van der Waals surface area contributed by atoms with Crippen LogP contribution in [0, 0.1) is 0 Å². The van der Waals surface area contributed by atoms with Crippen molar-refractivity contribution in [2.24, 2.45) is 0 Å². The molecule has 0 aliphatic carbocycles. The predicted octanol–water partition coefficient (Wildman–Crippen LogP) is 7.45. The first kappa shape index (κ1) is 25.0. The van der Waals surface area contributed by atoms with E-state index in [4.69, 9.17) is 8.85 Å². The van der Waals surface area contributed by atoms with Gasteiger partial charge in [-0.05, 0) is 67.8 Å². The van der Waals surface area contributed by atoms with E-state index in [0.717, 1.165) is 22.6 Å². The molecule has 0 aliphatic heterocycles. The third kappa shape index (κ3) is 6.23. The van der Waals surface area contributed by atoms with E-state index >= 15 is 0 Å². The second-order valence-electron chi connectivity index (χ2n) is 11.1. The standard InChI is InChI=1S/C23H42O3Si2/c1-17(2)15-20(24)19-16-18(25-27(9,10)22(3,4)5)13-14-21(19)26-28(11,12)23(6,7)8/h13-14,16,20,24H,1,15H2,2-12H3/t20-/m0/s1. The molecule has 1 aromatic rings. The van der Waals surface area contributed by atoms with Crippen molar-refractivity contribution < 1.29 is 14.0 Å². The summed E-state index contributed by atoms with van der Waals surface area (Å²) in [5.41, 5.74) is 1.74. The van der Waals surface area contributed by atoms with Gasteiger partial charge in [0.2, 0.25) is 16.6 Å². The highest BCUT2D eigenvalue weighted by atomic mass is 28.4. The van der Waals surface area contributed by atoms with Gasteiger partial charge in [-0.2, -0.15) is 0 Å². The van der Waals surface area contributed by atoms with Crippen molar-refractivity contribution in [2.75, 3.05) is 0 Å². The summed E-state index contributed by atoms with van der Waals surface area (Å²) in [6.07, 6.45) is -0.141. The molecule has 3 nitrogen and oxygen atoms in total. The maximum Gasteiger partial charge on any atom is 0.250 e. The Morgan fingerprint density at radius 3 is 1.86 bits per heavy atom. The molecule has 0 radical (unpaired) electrons. The van der Waals surface area contributed by atoms with Gasteiger partial charge in [-0.1, -0.05) is 47.1 Å². The van der Waals surface area contributed by atoms with Gasteiger partial charge in [0, 0.05) is 5.56 Å². The molecule has 1 N–H and O–H groups in total. The summed E-state index contributed by atoms with van der Waals surface area (Å²) < 4.78 is 13.0. The van der Waals surface area contributed by atoms with E-state index in [9.17, 15) is 5.11 Å². The molecule has 28 heavy (non-hydrogen) atoms. The van der Waals surface area contributed by atoms with Crippen molar-refractivity contribution >= 4 is 16.6 Å². The first-order valence-electron chi connectivity index (χ1n) is 10.2. The molecule has 0 aliphatic rings. The average Bonchev–Trinajstić information content (AvgIpc) is 2.45. The number of rotatable bonds is 7. The van der Waals surface area contributed by atoms with Crippen molar-refractivity contribution in [1.29, 1.82) is 0 Å². The van der Waals surface area contributed by atoms with Crippen LogP contribution in [0.15, 0.2) is 30.4 Å². The van der Waals surface area contributed by atoms with Crippen LogP contribution in [-0.4, -0.2) is 21.7 Å². The van der Waals surface area contributed by atoms with E-state index in [0.29, 0.717) is 6.42 Å². The first-order valence-corrected chi connectivity index (χ1v) is 16.0. The molecule has 1 aromatic carbocycles. The van der Waals surface area contributed by atoms with Crippen molar-refractivity contribution in [3.05, 3.63) is 35.9 Å². The van der Waals surface area contributed by atoms with E-state index in [2.05, 4.69) is 74.3 Å². The lowest BCUT2D eigenvalue weighted by Gasteiger charge is -2.38. The topological polar surface area (TPSA) is 38.7 Å². The smallest absolute Gasteiger partial charge is 0.250 e. The van der Waals surface area contributed by atoms with E-state index in [1.54, 1.807) is 0 Å². The molecule has 5 heteroatoms. The lowest BCUT2D eigenvalue weighted by molar-refractivity contribution is 0.175. The van der Waals surface area contributed by atoms with Crippen molar-refractivity contribution in [1.82, 2.24) is 0 Å². The summed E-state index contributed by atoms with van der Waals surface area (Å²) in [6, 6.07) is 5.93. The molecule has 0 heterocycles. The zero-order chi connectivity index (χ0) is 22.1. The highest BCUT2D eigenvalue weighted by Crippen LogP contribution is 2.42. The van der Waals surface area contributed by atoms with Crippen LogP contribution in [0.3, 0.4) is 0 Å². The molecule has 0 unspecified atom stereocenters. The van der Waals surface area contributed by atoms with Crippen LogP contribution in [-0.2, 0) is 0 Å². The number of benzene rings is 1. The van der Waals surface area contributed by atoms with E-state index < -0.39 is 22.7 Å². The maximum atomic E-state index is 10.9. The molecule has 0 saturated carbocycles. The highest BCUT2D eigenvalue weighted by molar-refractivity contribution is 6.75. The molecular weight excluding hydrogens is 380 g/mol. The first-order chi connectivity index (χ1) is 12.4. The van der Waals surface area contributed by atoms with Gasteiger partial charge in [-0.25, -0.2) is 0 Å². The third-order valence-electron chi connectivity index (χ3n) is 6.23. The van der Waals surface area contributed by atoms with Crippen molar-refractivity contribution in [3.63, 3.8) is 0 Å². The van der Waals surface area contributed by atoms with Gasteiger partial charge in [-0.15, -0.1) is 6.58 Å². The monoisotopic (exact) mass is 422 g/mol. The molecule has 0 saturated heterocycles. The molecule has 0 amide bonds. The summed E-state index contributed by atoms with van der Waals surface area (Å²) in [6.45, 7) is 28.2. The lowest BCUT2D eigenvalue weighted by Crippen LogP contribution is -2.44. The Hall–Kier alpha value is -1.05. The fraction of sp³-hybridized carbons (Fsp3) is 0.652. The quantitative estimate of drug-likeness (QED) is 0.366. The fourth-order valence-corrected chi connectivity index (χ4v) is 4.32. The maximum absolute atomic E-state index is 10.9. The normalized spacial score (nSPS) is 14.6. The summed E-state index contributed by atoms with van der Waals surface area (Å²) in [4.78, 5) is 0. The largest absolute Gasteiger partial charge is 0.543 e. The fourth-order valence-electron chi connectivity index (χ4n) is 2.26. The van der Waals surface area contributed by atoms with Gasteiger partial charge in [0.15, 0.2) is 0 Å². The summed E-state index contributed by atoms with van der Waals surface area (Å²) in [5.74, 6) is 1.58. The molecule has 1 rings (SSSR count). The van der Waals surface area contributed by atoms with Crippen molar-refractivity contribution in [2.45, 2.75) is 97.3 Å². The Balaban J connectivity index is 3.36. The molecule has 0 aromatic heterocycles. The minimum atomic E-state index is -2.02. The second kappa shape index (κ2) is 8.37. The second-order valence-corrected chi connectivity index (χ2v) is 20.6. The van der Waals surface area contributed by atoms with Crippen LogP contribution in [0.4, 0.5) is 0 Å². The van der Waals surface area contributed by atoms with Crippen LogP contribution < -0.4 is 8.85 Å². The number of aliphatic hydroxyl groups excluding tert-OH is 1. The van der Waals surface area contributed by atoms with Gasteiger partial charge in [-0.3, -0.25) is 0 Å². The minimum Gasteiger partial charge on any atom is -0.543 e. The van der Waals surface area contributed by atoms with Gasteiger partial charge in [0.1, 0.15) is 11.5 Å². The molecule has 1 atom stereocenters. The minimum absolute atomic E-state index is 0.0832. The van der Waals surface area contributed by atoms with Crippen LogP contribution >= 0.6 is 0 Å². The van der Waals surface area contributed by atoms with Gasteiger partial charge in [0.25, 0.3) is 0 Å². The third-order valence-corrected chi connectivity index (χ3v) is 14.9. The van der Waals surface area contributed by atoms with Crippen LogP contribution in [0.2, 0.25) is 36.3 Å². The number of hydrogen-bond acceptors (Lipinski definition) is 3. The summed E-state index contributed by atoms with van der Waals surface area (Å²) in [7, 11) is -3.98. The Morgan fingerprint density at radius 2 is 1.43 bits per heavy atom. The van der Waals surface area contributed by atoms with Crippen molar-refractivity contribution in [3.8, 4) is 11.5 Å². The average molecular weight is 423 g/mol. The van der Waals surface area contributed by atoms with Gasteiger partial charge < -0.3 is 14.0 Å². The van der Waals surface area contributed by atoms with E-state index in [-0.39, 0.29) is 10.1 Å². The molecule has 160 valence electrons. The number of aliphatic hydroxyl groups is 1. The molecular formula is C23H42O3Si2. The van der Waals surface area contributed by atoms with E-state index in [1.807, 2.05) is 25.1 Å². The van der Waals surface area contributed by atoms with Gasteiger partial charge >= 0.3 is 0 Å². The Labute approximate surface area is 175 Å².